The molecule has 1 aliphatic rings. The Balaban J connectivity index is 2.23. The van der Waals surface area contributed by atoms with Gasteiger partial charge < -0.3 is 5.73 Å². The molecule has 1 aromatic rings. The molecular formula is C13H19NO2S. The molecule has 1 saturated carbocycles. The van der Waals surface area contributed by atoms with E-state index >= 15 is 0 Å². The molecule has 17 heavy (non-hydrogen) atoms. The summed E-state index contributed by atoms with van der Waals surface area (Å²) in [6, 6.07) is 8.22. The third-order valence-corrected chi connectivity index (χ3v) is 5.27. The van der Waals surface area contributed by atoms with Crippen LogP contribution < -0.4 is 5.73 Å². The monoisotopic (exact) mass is 253 g/mol. The number of aryl methyl sites for hydroxylation is 1. The Morgan fingerprint density at radius 2 is 1.82 bits per heavy atom. The van der Waals surface area contributed by atoms with E-state index in [-0.39, 0.29) is 17.1 Å². The van der Waals surface area contributed by atoms with E-state index < -0.39 is 9.84 Å². The SMILES string of the molecule is CCc1ccc(C2C(CN)C2S(C)(=O)=O)cc1. The number of hydrogen-bond donors (Lipinski definition) is 1. The Hall–Kier alpha value is -0.870. The van der Waals surface area contributed by atoms with Crippen molar-refractivity contribution in [2.75, 3.05) is 12.8 Å². The zero-order valence-corrected chi connectivity index (χ0v) is 11.1. The van der Waals surface area contributed by atoms with E-state index in [0.717, 1.165) is 12.0 Å². The summed E-state index contributed by atoms with van der Waals surface area (Å²) in [5.74, 6) is 0.193. The van der Waals surface area contributed by atoms with Crippen LogP contribution in [0.5, 0.6) is 0 Å². The summed E-state index contributed by atoms with van der Waals surface area (Å²) in [5.41, 5.74) is 8.02. The lowest BCUT2D eigenvalue weighted by Gasteiger charge is -2.01. The van der Waals surface area contributed by atoms with Crippen molar-refractivity contribution in [3.8, 4) is 0 Å². The van der Waals surface area contributed by atoms with Gasteiger partial charge in [0.2, 0.25) is 0 Å². The van der Waals surface area contributed by atoms with Crippen LogP contribution >= 0.6 is 0 Å². The van der Waals surface area contributed by atoms with Gasteiger partial charge in [0.05, 0.1) is 5.25 Å². The van der Waals surface area contributed by atoms with E-state index in [9.17, 15) is 8.42 Å². The predicted octanol–water partition coefficient (Wildman–Crippen LogP) is 1.33. The Morgan fingerprint density at radius 3 is 2.18 bits per heavy atom. The standard InChI is InChI=1S/C13H19NO2S/c1-3-9-4-6-10(7-5-9)12-11(8-14)13(12)17(2,15)16/h4-7,11-13H,3,8,14H2,1-2H3. The van der Waals surface area contributed by atoms with Gasteiger partial charge in [-0.15, -0.1) is 0 Å². The second kappa shape index (κ2) is 4.42. The number of rotatable bonds is 4. The molecular weight excluding hydrogens is 234 g/mol. The summed E-state index contributed by atoms with van der Waals surface area (Å²) in [6.45, 7) is 2.55. The summed E-state index contributed by atoms with van der Waals surface area (Å²) in [5, 5.41) is -0.278. The van der Waals surface area contributed by atoms with Gasteiger partial charge in [0.25, 0.3) is 0 Å². The molecule has 1 aliphatic carbocycles. The van der Waals surface area contributed by atoms with Gasteiger partial charge in [0.15, 0.2) is 9.84 Å². The zero-order chi connectivity index (χ0) is 12.6. The Bertz CT molecular complexity index is 493. The smallest absolute Gasteiger partial charge is 0.151 e. The number of sulfone groups is 1. The van der Waals surface area contributed by atoms with Crippen LogP contribution in [0.3, 0.4) is 0 Å². The maximum Gasteiger partial charge on any atom is 0.151 e. The first-order valence-electron chi connectivity index (χ1n) is 5.96. The molecule has 0 aromatic heterocycles. The molecule has 94 valence electrons. The minimum Gasteiger partial charge on any atom is -0.330 e. The normalized spacial score (nSPS) is 28.1. The first-order chi connectivity index (χ1) is 7.99. The van der Waals surface area contributed by atoms with Crippen LogP contribution in [0.15, 0.2) is 24.3 Å². The molecule has 3 atom stereocenters. The maximum absolute atomic E-state index is 11.6. The minimum absolute atomic E-state index is 0.0949. The van der Waals surface area contributed by atoms with Gasteiger partial charge in [0, 0.05) is 12.2 Å². The largest absolute Gasteiger partial charge is 0.330 e. The van der Waals surface area contributed by atoms with Crippen LogP contribution in [-0.2, 0) is 16.3 Å². The molecule has 1 aromatic carbocycles. The molecule has 0 bridgehead atoms. The van der Waals surface area contributed by atoms with Crippen molar-refractivity contribution in [2.45, 2.75) is 24.5 Å². The molecule has 2 rings (SSSR count). The summed E-state index contributed by atoms with van der Waals surface area (Å²) in [7, 11) is -2.98. The fraction of sp³-hybridized carbons (Fsp3) is 0.538. The second-order valence-electron chi connectivity index (χ2n) is 4.81. The highest BCUT2D eigenvalue weighted by atomic mass is 32.2. The van der Waals surface area contributed by atoms with Gasteiger partial charge in [-0.05, 0) is 30.0 Å². The highest BCUT2D eigenvalue weighted by Gasteiger charge is 2.55. The van der Waals surface area contributed by atoms with E-state index in [2.05, 4.69) is 19.1 Å². The van der Waals surface area contributed by atoms with Gasteiger partial charge in [-0.25, -0.2) is 8.42 Å². The van der Waals surface area contributed by atoms with Crippen LogP contribution in [0.2, 0.25) is 0 Å². The molecule has 0 heterocycles. The lowest BCUT2D eigenvalue weighted by Crippen LogP contribution is -2.11. The molecule has 3 unspecified atom stereocenters. The first-order valence-corrected chi connectivity index (χ1v) is 7.92. The number of nitrogens with two attached hydrogens (primary N) is 1. The molecule has 1 fully saturated rings. The number of hydrogen-bond acceptors (Lipinski definition) is 3. The van der Waals surface area contributed by atoms with Crippen molar-refractivity contribution in [1.82, 2.24) is 0 Å². The summed E-state index contributed by atoms with van der Waals surface area (Å²) >= 11 is 0. The van der Waals surface area contributed by atoms with Crippen LogP contribution in [0.4, 0.5) is 0 Å². The first kappa shape index (κ1) is 12.6. The lowest BCUT2D eigenvalue weighted by molar-refractivity contribution is 0.597. The van der Waals surface area contributed by atoms with Crippen molar-refractivity contribution in [3.05, 3.63) is 35.4 Å². The highest BCUT2D eigenvalue weighted by Crippen LogP contribution is 2.51. The van der Waals surface area contributed by atoms with Gasteiger partial charge in [-0.2, -0.15) is 0 Å². The second-order valence-corrected chi connectivity index (χ2v) is 7.02. The fourth-order valence-corrected chi connectivity index (χ4v) is 4.34. The van der Waals surface area contributed by atoms with Crippen molar-refractivity contribution in [1.29, 1.82) is 0 Å². The quantitative estimate of drug-likeness (QED) is 0.880. The summed E-state index contributed by atoms with van der Waals surface area (Å²) in [6.07, 6.45) is 2.31. The average molecular weight is 253 g/mol. The molecule has 0 amide bonds. The Labute approximate surface area is 103 Å². The molecule has 2 N–H and O–H groups in total. The number of benzene rings is 1. The molecule has 0 spiro atoms. The predicted molar refractivity (Wildman–Crippen MR) is 69.7 cm³/mol. The van der Waals surface area contributed by atoms with Crippen LogP contribution in [0.1, 0.15) is 24.0 Å². The van der Waals surface area contributed by atoms with Crippen LogP contribution in [0, 0.1) is 5.92 Å². The van der Waals surface area contributed by atoms with Crippen LogP contribution in [-0.4, -0.2) is 26.5 Å². The van der Waals surface area contributed by atoms with Gasteiger partial charge in [-0.3, -0.25) is 0 Å². The summed E-state index contributed by atoms with van der Waals surface area (Å²) < 4.78 is 23.2. The molecule has 0 radical (unpaired) electrons. The van der Waals surface area contributed by atoms with E-state index in [1.165, 1.54) is 11.8 Å². The van der Waals surface area contributed by atoms with E-state index in [4.69, 9.17) is 5.73 Å². The van der Waals surface area contributed by atoms with Gasteiger partial charge in [-0.1, -0.05) is 31.2 Å². The Morgan fingerprint density at radius 1 is 1.24 bits per heavy atom. The van der Waals surface area contributed by atoms with Gasteiger partial charge >= 0.3 is 0 Å². The highest BCUT2D eigenvalue weighted by molar-refractivity contribution is 7.91. The van der Waals surface area contributed by atoms with Crippen LogP contribution in [0.25, 0.3) is 0 Å². The summed E-state index contributed by atoms with van der Waals surface area (Å²) in [4.78, 5) is 0. The molecule has 4 heteroatoms. The van der Waals surface area contributed by atoms with E-state index in [1.54, 1.807) is 0 Å². The van der Waals surface area contributed by atoms with Crippen molar-refractivity contribution in [2.24, 2.45) is 11.7 Å². The van der Waals surface area contributed by atoms with E-state index in [1.807, 2.05) is 12.1 Å². The molecule has 0 aliphatic heterocycles. The minimum atomic E-state index is -2.98. The topological polar surface area (TPSA) is 60.2 Å². The fourth-order valence-electron chi connectivity index (χ4n) is 2.62. The van der Waals surface area contributed by atoms with Gasteiger partial charge in [0.1, 0.15) is 0 Å². The lowest BCUT2D eigenvalue weighted by atomic mass is 10.1. The molecule has 0 saturated heterocycles. The van der Waals surface area contributed by atoms with E-state index in [0.29, 0.717) is 6.54 Å². The third kappa shape index (κ3) is 2.38. The van der Waals surface area contributed by atoms with Crippen molar-refractivity contribution >= 4 is 9.84 Å². The Kier molecular flexibility index (Phi) is 3.27. The zero-order valence-electron chi connectivity index (χ0n) is 10.3. The third-order valence-electron chi connectivity index (χ3n) is 3.64. The van der Waals surface area contributed by atoms with Crippen molar-refractivity contribution in [3.63, 3.8) is 0 Å². The maximum atomic E-state index is 11.6. The molecule has 3 nitrogen and oxygen atoms in total. The average Bonchev–Trinajstić information content (AvgIpc) is 3.03. The van der Waals surface area contributed by atoms with Crippen molar-refractivity contribution < 1.29 is 8.42 Å².